The Balaban J connectivity index is 1.81. The maximum Gasteiger partial charge on any atom is 0.416 e. The van der Waals surface area contributed by atoms with E-state index in [4.69, 9.17) is 0 Å². The molecule has 0 aliphatic rings. The van der Waals surface area contributed by atoms with E-state index in [9.17, 15) is 27.9 Å². The zero-order chi connectivity index (χ0) is 18.9. The van der Waals surface area contributed by atoms with Crippen molar-refractivity contribution in [1.29, 1.82) is 0 Å². The molecule has 0 saturated heterocycles. The number of carboxylic acids is 1. The topological polar surface area (TPSA) is 82.2 Å². The number of amides is 1. The Morgan fingerprint density at radius 3 is 2.31 bits per heavy atom. The van der Waals surface area contributed by atoms with Crippen LogP contribution in [0.1, 0.15) is 21.6 Å². The average Bonchev–Trinajstić information content (AvgIpc) is 2.93. The molecule has 1 heterocycles. The fourth-order valence-corrected chi connectivity index (χ4v) is 2.67. The summed E-state index contributed by atoms with van der Waals surface area (Å²) in [5.74, 6) is -1.73. The van der Waals surface area contributed by atoms with Crippen molar-refractivity contribution in [2.45, 2.75) is 12.6 Å². The molecule has 0 aliphatic carbocycles. The van der Waals surface area contributed by atoms with Gasteiger partial charge in [-0.05, 0) is 30.3 Å². The molecule has 0 unspecified atom stereocenters. The van der Waals surface area contributed by atoms with Gasteiger partial charge in [0.1, 0.15) is 5.69 Å². The molecule has 0 bridgehead atoms. The van der Waals surface area contributed by atoms with Crippen LogP contribution in [0.4, 0.5) is 18.9 Å². The van der Waals surface area contributed by atoms with Crippen LogP contribution in [0.25, 0.3) is 10.9 Å². The van der Waals surface area contributed by atoms with Crippen molar-refractivity contribution in [2.75, 3.05) is 5.32 Å². The van der Waals surface area contributed by atoms with Crippen molar-refractivity contribution in [1.82, 2.24) is 4.98 Å². The molecule has 0 aliphatic heterocycles. The molecule has 0 atom stereocenters. The van der Waals surface area contributed by atoms with Gasteiger partial charge in [0.25, 0.3) is 0 Å². The summed E-state index contributed by atoms with van der Waals surface area (Å²) in [5, 5.41) is 12.4. The quantitative estimate of drug-likeness (QED) is 0.654. The zero-order valence-corrected chi connectivity index (χ0v) is 13.2. The summed E-state index contributed by atoms with van der Waals surface area (Å²) in [6.07, 6.45) is -4.68. The Kier molecular flexibility index (Phi) is 4.41. The first kappa shape index (κ1) is 17.5. The normalized spacial score (nSPS) is 11.5. The van der Waals surface area contributed by atoms with E-state index < -0.39 is 23.6 Å². The molecule has 0 saturated carbocycles. The fraction of sp³-hybridized carbons (Fsp3) is 0.111. The molecule has 1 amide bonds. The number of fused-ring (bicyclic) bond motifs is 1. The Morgan fingerprint density at radius 2 is 1.69 bits per heavy atom. The van der Waals surface area contributed by atoms with Crippen LogP contribution in [-0.4, -0.2) is 22.0 Å². The minimum absolute atomic E-state index is 0.0891. The third-order valence-electron chi connectivity index (χ3n) is 3.86. The van der Waals surface area contributed by atoms with Crippen LogP contribution in [0.5, 0.6) is 0 Å². The fourth-order valence-electron chi connectivity index (χ4n) is 2.67. The van der Waals surface area contributed by atoms with E-state index in [-0.39, 0.29) is 17.8 Å². The van der Waals surface area contributed by atoms with Gasteiger partial charge in [-0.25, -0.2) is 4.79 Å². The third kappa shape index (κ3) is 3.53. The molecular weight excluding hydrogens is 349 g/mol. The summed E-state index contributed by atoms with van der Waals surface area (Å²) in [6, 6.07) is 10.9. The van der Waals surface area contributed by atoms with Crippen LogP contribution in [-0.2, 0) is 17.4 Å². The zero-order valence-electron chi connectivity index (χ0n) is 13.2. The van der Waals surface area contributed by atoms with Crippen molar-refractivity contribution < 1.29 is 27.9 Å². The summed E-state index contributed by atoms with van der Waals surface area (Å²) in [5.41, 5.74) is 0.188. The van der Waals surface area contributed by atoms with E-state index in [2.05, 4.69) is 10.3 Å². The number of benzene rings is 2. The number of anilines is 1. The average molecular weight is 362 g/mol. The van der Waals surface area contributed by atoms with Crippen molar-refractivity contribution in [2.24, 2.45) is 0 Å². The molecule has 134 valence electrons. The first-order valence-electron chi connectivity index (χ1n) is 7.55. The van der Waals surface area contributed by atoms with Crippen molar-refractivity contribution in [3.8, 4) is 0 Å². The Labute approximate surface area is 145 Å². The van der Waals surface area contributed by atoms with Crippen LogP contribution in [0, 0.1) is 0 Å². The van der Waals surface area contributed by atoms with Crippen LogP contribution in [0.3, 0.4) is 0 Å². The van der Waals surface area contributed by atoms with E-state index in [0.29, 0.717) is 16.5 Å². The maximum atomic E-state index is 12.6. The highest BCUT2D eigenvalue weighted by Gasteiger charge is 2.30. The molecule has 1 aromatic heterocycles. The van der Waals surface area contributed by atoms with Gasteiger partial charge in [-0.1, -0.05) is 18.2 Å². The van der Waals surface area contributed by atoms with E-state index in [0.717, 1.165) is 24.3 Å². The maximum absolute atomic E-state index is 12.6. The first-order chi connectivity index (χ1) is 12.3. The van der Waals surface area contributed by atoms with E-state index >= 15 is 0 Å². The van der Waals surface area contributed by atoms with Crippen molar-refractivity contribution in [3.63, 3.8) is 0 Å². The molecular formula is C18H13F3N2O3. The number of aromatic carboxylic acids is 1. The van der Waals surface area contributed by atoms with Gasteiger partial charge in [-0.15, -0.1) is 0 Å². The summed E-state index contributed by atoms with van der Waals surface area (Å²) >= 11 is 0. The van der Waals surface area contributed by atoms with Gasteiger partial charge in [0.05, 0.1) is 12.0 Å². The lowest BCUT2D eigenvalue weighted by molar-refractivity contribution is -0.137. The van der Waals surface area contributed by atoms with Crippen LogP contribution in [0.2, 0.25) is 0 Å². The van der Waals surface area contributed by atoms with Crippen LogP contribution < -0.4 is 5.32 Å². The lowest BCUT2D eigenvalue weighted by Crippen LogP contribution is -2.16. The second kappa shape index (κ2) is 6.55. The number of rotatable bonds is 4. The molecule has 3 aromatic rings. The molecule has 2 aromatic carbocycles. The van der Waals surface area contributed by atoms with Crippen molar-refractivity contribution >= 4 is 28.5 Å². The van der Waals surface area contributed by atoms with E-state index in [1.807, 2.05) is 0 Å². The van der Waals surface area contributed by atoms with Crippen molar-refractivity contribution in [3.05, 3.63) is 65.4 Å². The van der Waals surface area contributed by atoms with Gasteiger partial charge < -0.3 is 15.4 Å². The van der Waals surface area contributed by atoms with Gasteiger partial charge in [0, 0.05) is 22.2 Å². The number of para-hydroxylation sites is 1. The Hall–Kier alpha value is -3.29. The minimum Gasteiger partial charge on any atom is -0.477 e. The Bertz CT molecular complexity index is 976. The van der Waals surface area contributed by atoms with E-state index in [1.54, 1.807) is 24.3 Å². The number of H-pyrrole nitrogens is 1. The van der Waals surface area contributed by atoms with Gasteiger partial charge in [-0.2, -0.15) is 13.2 Å². The highest BCUT2D eigenvalue weighted by atomic mass is 19.4. The first-order valence-corrected chi connectivity index (χ1v) is 7.55. The second-order valence-corrected chi connectivity index (χ2v) is 5.63. The largest absolute Gasteiger partial charge is 0.477 e. The summed E-state index contributed by atoms with van der Waals surface area (Å²) in [4.78, 5) is 26.4. The number of aromatic nitrogens is 1. The number of hydrogen-bond acceptors (Lipinski definition) is 2. The highest BCUT2D eigenvalue weighted by Crippen LogP contribution is 2.30. The molecule has 26 heavy (non-hydrogen) atoms. The molecule has 5 nitrogen and oxygen atoms in total. The predicted octanol–water partition coefficient (Wildman–Crippen LogP) is 4.07. The molecule has 0 radical (unpaired) electrons. The summed E-state index contributed by atoms with van der Waals surface area (Å²) in [7, 11) is 0. The van der Waals surface area contributed by atoms with Crippen LogP contribution in [0.15, 0.2) is 48.5 Å². The van der Waals surface area contributed by atoms with Gasteiger partial charge >= 0.3 is 12.1 Å². The van der Waals surface area contributed by atoms with Gasteiger partial charge in [0.2, 0.25) is 5.91 Å². The number of aromatic amines is 1. The summed E-state index contributed by atoms with van der Waals surface area (Å²) < 4.78 is 37.7. The van der Waals surface area contributed by atoms with Gasteiger partial charge in [-0.3, -0.25) is 4.79 Å². The molecule has 3 rings (SSSR count). The second-order valence-electron chi connectivity index (χ2n) is 5.63. The van der Waals surface area contributed by atoms with E-state index in [1.165, 1.54) is 0 Å². The number of carboxylic acid groups (broad SMARTS) is 1. The Morgan fingerprint density at radius 1 is 1.04 bits per heavy atom. The highest BCUT2D eigenvalue weighted by molar-refractivity contribution is 6.02. The molecule has 0 spiro atoms. The minimum atomic E-state index is -4.46. The number of carbonyl (C=O) groups excluding carboxylic acids is 1. The molecule has 3 N–H and O–H groups in total. The monoisotopic (exact) mass is 362 g/mol. The number of nitrogens with one attached hydrogen (secondary N) is 2. The molecule has 0 fully saturated rings. The predicted molar refractivity (Wildman–Crippen MR) is 89.0 cm³/mol. The summed E-state index contributed by atoms with van der Waals surface area (Å²) in [6.45, 7) is 0. The van der Waals surface area contributed by atoms with Gasteiger partial charge in [0.15, 0.2) is 0 Å². The SMILES string of the molecule is O=C(Cc1c(C(=O)O)[nH]c2ccccc12)Nc1ccc(C(F)(F)F)cc1. The lowest BCUT2D eigenvalue weighted by atomic mass is 10.1. The number of carbonyl (C=O) groups is 2. The smallest absolute Gasteiger partial charge is 0.416 e. The molecule has 8 heteroatoms. The number of hydrogen-bond donors (Lipinski definition) is 3. The number of halogens is 3. The van der Waals surface area contributed by atoms with Crippen LogP contribution >= 0.6 is 0 Å². The standard InChI is InChI=1S/C18H13F3N2O3/c19-18(20,21)10-5-7-11(8-6-10)22-15(24)9-13-12-3-1-2-4-14(12)23-16(13)17(25)26/h1-8,23H,9H2,(H,22,24)(H,25,26). The lowest BCUT2D eigenvalue weighted by Gasteiger charge is -2.09. The third-order valence-corrected chi connectivity index (χ3v) is 3.86. The number of alkyl halides is 3.